The molecular formula is C18H28N4. The zero-order chi connectivity index (χ0) is 15.4. The summed E-state index contributed by atoms with van der Waals surface area (Å²) < 4.78 is 0. The Morgan fingerprint density at radius 2 is 1.82 bits per heavy atom. The summed E-state index contributed by atoms with van der Waals surface area (Å²) in [6.07, 6.45) is 3.97. The first kappa shape index (κ1) is 15.3. The molecule has 3 rings (SSSR count). The van der Waals surface area contributed by atoms with Crippen molar-refractivity contribution in [1.82, 2.24) is 15.5 Å². The van der Waals surface area contributed by atoms with Gasteiger partial charge in [0.25, 0.3) is 0 Å². The van der Waals surface area contributed by atoms with E-state index < -0.39 is 0 Å². The van der Waals surface area contributed by atoms with Crippen LogP contribution in [0.1, 0.15) is 37.3 Å². The average Bonchev–Trinajstić information content (AvgIpc) is 3.00. The summed E-state index contributed by atoms with van der Waals surface area (Å²) >= 11 is 0. The second kappa shape index (κ2) is 7.14. The van der Waals surface area contributed by atoms with Crippen LogP contribution in [0, 0.1) is 5.92 Å². The minimum absolute atomic E-state index is 0.606. The summed E-state index contributed by atoms with van der Waals surface area (Å²) in [6, 6.07) is 9.58. The molecule has 2 fully saturated rings. The Labute approximate surface area is 134 Å². The van der Waals surface area contributed by atoms with E-state index in [1.165, 1.54) is 43.5 Å². The van der Waals surface area contributed by atoms with Crippen molar-refractivity contribution in [3.05, 3.63) is 35.4 Å². The maximum Gasteiger partial charge on any atom is 0.191 e. The third-order valence-corrected chi connectivity index (χ3v) is 4.74. The van der Waals surface area contributed by atoms with E-state index in [9.17, 15) is 0 Å². The number of benzene rings is 1. The number of nitrogens with one attached hydrogen (secondary N) is 2. The van der Waals surface area contributed by atoms with Gasteiger partial charge in [0, 0.05) is 26.2 Å². The average molecular weight is 300 g/mol. The second-order valence-corrected chi connectivity index (χ2v) is 6.69. The summed E-state index contributed by atoms with van der Waals surface area (Å²) in [5.41, 5.74) is 2.72. The Kier molecular flexibility index (Phi) is 4.98. The van der Waals surface area contributed by atoms with Gasteiger partial charge in [0.15, 0.2) is 5.96 Å². The van der Waals surface area contributed by atoms with E-state index in [0.29, 0.717) is 6.04 Å². The molecule has 4 heteroatoms. The van der Waals surface area contributed by atoms with Crippen LogP contribution in [0.4, 0.5) is 0 Å². The molecule has 2 atom stereocenters. The summed E-state index contributed by atoms with van der Waals surface area (Å²) in [5, 5.41) is 6.85. The minimum atomic E-state index is 0.606. The molecule has 0 aromatic heterocycles. The Bertz CT molecular complexity index is 502. The lowest BCUT2D eigenvalue weighted by Gasteiger charge is -2.15. The van der Waals surface area contributed by atoms with Crippen LogP contribution in [0.3, 0.4) is 0 Å². The standard InChI is InChI=1S/C18H28N4/c1-14-11-17(14)21-18(19-2)20-12-15-5-7-16(8-6-15)13-22-9-3-4-10-22/h5-8,14,17H,3-4,9-13H2,1-2H3,(H2,19,20,21). The van der Waals surface area contributed by atoms with E-state index in [1.807, 2.05) is 7.05 Å². The third-order valence-electron chi connectivity index (χ3n) is 4.74. The highest BCUT2D eigenvalue weighted by Gasteiger charge is 2.33. The van der Waals surface area contributed by atoms with Crippen LogP contribution in [0.25, 0.3) is 0 Å². The Balaban J connectivity index is 1.45. The van der Waals surface area contributed by atoms with Gasteiger partial charge in [-0.2, -0.15) is 0 Å². The highest BCUT2D eigenvalue weighted by Crippen LogP contribution is 2.28. The predicted octanol–water partition coefficient (Wildman–Crippen LogP) is 2.36. The molecule has 1 aromatic carbocycles. The topological polar surface area (TPSA) is 39.7 Å². The summed E-state index contributed by atoms with van der Waals surface area (Å²) in [5.74, 6) is 1.69. The molecule has 4 nitrogen and oxygen atoms in total. The van der Waals surface area contributed by atoms with Gasteiger partial charge in [-0.25, -0.2) is 0 Å². The maximum atomic E-state index is 4.29. The van der Waals surface area contributed by atoms with Gasteiger partial charge in [-0.15, -0.1) is 0 Å². The normalized spacial score (nSPS) is 25.3. The number of hydrogen-bond acceptors (Lipinski definition) is 2. The lowest BCUT2D eigenvalue weighted by atomic mass is 10.1. The first-order valence-electron chi connectivity index (χ1n) is 8.52. The first-order chi connectivity index (χ1) is 10.7. The monoisotopic (exact) mass is 300 g/mol. The highest BCUT2D eigenvalue weighted by atomic mass is 15.2. The van der Waals surface area contributed by atoms with E-state index in [-0.39, 0.29) is 0 Å². The summed E-state index contributed by atoms with van der Waals surface area (Å²) in [6.45, 7) is 6.70. The van der Waals surface area contributed by atoms with Crippen molar-refractivity contribution in [2.24, 2.45) is 10.9 Å². The third kappa shape index (κ3) is 4.23. The molecule has 2 N–H and O–H groups in total. The number of guanidine groups is 1. The van der Waals surface area contributed by atoms with Crippen molar-refractivity contribution in [3.63, 3.8) is 0 Å². The van der Waals surface area contributed by atoms with Gasteiger partial charge in [0.1, 0.15) is 0 Å². The van der Waals surface area contributed by atoms with Gasteiger partial charge in [0.2, 0.25) is 0 Å². The molecule has 1 aliphatic heterocycles. The van der Waals surface area contributed by atoms with Crippen LogP contribution >= 0.6 is 0 Å². The van der Waals surface area contributed by atoms with Crippen molar-refractivity contribution in [1.29, 1.82) is 0 Å². The Morgan fingerprint density at radius 3 is 2.41 bits per heavy atom. The molecule has 2 aliphatic rings. The number of aliphatic imine (C=N–C) groups is 1. The molecule has 0 amide bonds. The number of hydrogen-bond donors (Lipinski definition) is 2. The lowest BCUT2D eigenvalue weighted by Crippen LogP contribution is -2.38. The number of nitrogens with zero attached hydrogens (tertiary/aromatic N) is 2. The molecule has 120 valence electrons. The van der Waals surface area contributed by atoms with E-state index in [2.05, 4.69) is 51.7 Å². The zero-order valence-electron chi connectivity index (χ0n) is 13.8. The first-order valence-corrected chi connectivity index (χ1v) is 8.52. The molecular weight excluding hydrogens is 272 g/mol. The van der Waals surface area contributed by atoms with Crippen LogP contribution in [-0.2, 0) is 13.1 Å². The fourth-order valence-electron chi connectivity index (χ4n) is 3.04. The van der Waals surface area contributed by atoms with Crippen molar-refractivity contribution < 1.29 is 0 Å². The van der Waals surface area contributed by atoms with Gasteiger partial charge in [-0.3, -0.25) is 9.89 Å². The molecule has 1 saturated carbocycles. The quantitative estimate of drug-likeness (QED) is 0.648. The smallest absolute Gasteiger partial charge is 0.191 e. The van der Waals surface area contributed by atoms with E-state index in [1.54, 1.807) is 0 Å². The maximum absolute atomic E-state index is 4.29. The van der Waals surface area contributed by atoms with Crippen LogP contribution in [0.5, 0.6) is 0 Å². The van der Waals surface area contributed by atoms with Gasteiger partial charge in [0.05, 0.1) is 0 Å². The molecule has 1 heterocycles. The molecule has 1 aliphatic carbocycles. The summed E-state index contributed by atoms with van der Waals surface area (Å²) in [7, 11) is 1.83. The van der Waals surface area contributed by atoms with Crippen LogP contribution in [0.2, 0.25) is 0 Å². The molecule has 22 heavy (non-hydrogen) atoms. The van der Waals surface area contributed by atoms with Crippen molar-refractivity contribution in [2.75, 3.05) is 20.1 Å². The predicted molar refractivity (Wildman–Crippen MR) is 91.9 cm³/mol. The van der Waals surface area contributed by atoms with E-state index in [0.717, 1.165) is 25.0 Å². The van der Waals surface area contributed by atoms with Gasteiger partial charge < -0.3 is 10.6 Å². The zero-order valence-corrected chi connectivity index (χ0v) is 13.8. The largest absolute Gasteiger partial charge is 0.353 e. The molecule has 1 aromatic rings. The van der Waals surface area contributed by atoms with Gasteiger partial charge >= 0.3 is 0 Å². The van der Waals surface area contributed by atoms with E-state index >= 15 is 0 Å². The van der Waals surface area contributed by atoms with Gasteiger partial charge in [-0.1, -0.05) is 31.2 Å². The molecule has 0 bridgehead atoms. The fraction of sp³-hybridized carbons (Fsp3) is 0.611. The fourth-order valence-corrected chi connectivity index (χ4v) is 3.04. The van der Waals surface area contributed by atoms with Crippen LogP contribution in [-0.4, -0.2) is 37.0 Å². The number of rotatable bonds is 5. The number of likely N-dealkylation sites (tertiary alicyclic amines) is 1. The van der Waals surface area contributed by atoms with Crippen molar-refractivity contribution >= 4 is 5.96 Å². The minimum Gasteiger partial charge on any atom is -0.353 e. The second-order valence-electron chi connectivity index (χ2n) is 6.69. The molecule has 1 saturated heterocycles. The van der Waals surface area contributed by atoms with Crippen LogP contribution < -0.4 is 10.6 Å². The van der Waals surface area contributed by atoms with Gasteiger partial charge in [-0.05, 0) is 49.4 Å². The lowest BCUT2D eigenvalue weighted by molar-refractivity contribution is 0.331. The van der Waals surface area contributed by atoms with Crippen molar-refractivity contribution in [3.8, 4) is 0 Å². The van der Waals surface area contributed by atoms with Crippen molar-refractivity contribution in [2.45, 2.75) is 45.3 Å². The SMILES string of the molecule is CN=C(NCc1ccc(CN2CCCC2)cc1)NC1CC1C. The molecule has 2 unspecified atom stereocenters. The Morgan fingerprint density at radius 1 is 1.18 bits per heavy atom. The molecule has 0 radical (unpaired) electrons. The molecule has 0 spiro atoms. The summed E-state index contributed by atoms with van der Waals surface area (Å²) in [4.78, 5) is 6.83. The highest BCUT2D eigenvalue weighted by molar-refractivity contribution is 5.80. The Hall–Kier alpha value is -1.55. The van der Waals surface area contributed by atoms with Crippen LogP contribution in [0.15, 0.2) is 29.3 Å². The van der Waals surface area contributed by atoms with E-state index in [4.69, 9.17) is 0 Å².